The van der Waals surface area contributed by atoms with Gasteiger partial charge in [0, 0.05) is 39.8 Å². The number of halogens is 3. The maximum atomic E-state index is 12.8. The summed E-state index contributed by atoms with van der Waals surface area (Å²) in [7, 11) is 1.76. The fourth-order valence-corrected chi connectivity index (χ4v) is 3.84. The Morgan fingerprint density at radius 1 is 1.08 bits per heavy atom. The third kappa shape index (κ3) is 4.35. The number of alkyl halides is 3. The van der Waals surface area contributed by atoms with Crippen LogP contribution < -0.4 is 5.32 Å². The summed E-state index contributed by atoms with van der Waals surface area (Å²) in [4.78, 5) is 7.96. The normalized spacial score (nSPS) is 25.2. The fraction of sp³-hybridized carbons (Fsp3) is 0.941. The molecule has 2 saturated carbocycles. The van der Waals surface area contributed by atoms with Crippen molar-refractivity contribution < 1.29 is 13.2 Å². The second-order valence-electron chi connectivity index (χ2n) is 7.51. The number of rotatable bonds is 5. The highest BCUT2D eigenvalue weighted by molar-refractivity contribution is 5.80. The van der Waals surface area contributed by atoms with Crippen LogP contribution in [0.15, 0.2) is 4.99 Å². The highest BCUT2D eigenvalue weighted by atomic mass is 19.4. The molecular formula is C17H29F3N4. The molecule has 0 aromatic heterocycles. The van der Waals surface area contributed by atoms with Crippen LogP contribution in [0.1, 0.15) is 32.6 Å². The smallest absolute Gasteiger partial charge is 0.356 e. The molecule has 1 unspecified atom stereocenters. The fourth-order valence-electron chi connectivity index (χ4n) is 3.84. The Balaban J connectivity index is 1.47. The van der Waals surface area contributed by atoms with Gasteiger partial charge >= 0.3 is 6.18 Å². The number of hydrogen-bond acceptors (Lipinski definition) is 2. The van der Waals surface area contributed by atoms with E-state index in [2.05, 4.69) is 15.2 Å². The second kappa shape index (κ2) is 7.10. The molecule has 0 radical (unpaired) electrons. The van der Waals surface area contributed by atoms with E-state index in [1.54, 1.807) is 7.05 Å². The van der Waals surface area contributed by atoms with E-state index in [-0.39, 0.29) is 0 Å². The molecule has 1 atom stereocenters. The maximum absolute atomic E-state index is 12.8. The van der Waals surface area contributed by atoms with E-state index in [0.717, 1.165) is 30.3 Å². The Labute approximate surface area is 142 Å². The number of piperazine rings is 1. The number of aliphatic imine (C=N–C) groups is 1. The Kier molecular flexibility index (Phi) is 5.27. The average molecular weight is 346 g/mol. The van der Waals surface area contributed by atoms with Crippen LogP contribution in [-0.2, 0) is 0 Å². The van der Waals surface area contributed by atoms with Crippen LogP contribution in [0.5, 0.6) is 0 Å². The first kappa shape index (κ1) is 17.8. The van der Waals surface area contributed by atoms with Gasteiger partial charge in [0.2, 0.25) is 0 Å². The summed E-state index contributed by atoms with van der Waals surface area (Å²) >= 11 is 0. The van der Waals surface area contributed by atoms with Crippen molar-refractivity contribution in [3.05, 3.63) is 0 Å². The molecule has 3 aliphatic rings. The zero-order valence-electron chi connectivity index (χ0n) is 14.6. The standard InChI is InChI=1S/C17H29F3N4/c1-12(17(18,19)20)23-7-9-24(10-8-23)16(21-2)22-11-15(13-3-4-13)14-5-6-14/h12-15H,3-11H2,1-2H3,(H,21,22). The molecule has 1 N–H and O–H groups in total. The minimum atomic E-state index is -4.15. The quantitative estimate of drug-likeness (QED) is 0.613. The van der Waals surface area contributed by atoms with Crippen molar-refractivity contribution in [1.82, 2.24) is 15.1 Å². The lowest BCUT2D eigenvalue weighted by Gasteiger charge is -2.39. The molecule has 1 saturated heterocycles. The van der Waals surface area contributed by atoms with Crippen molar-refractivity contribution in [3.8, 4) is 0 Å². The van der Waals surface area contributed by atoms with Gasteiger partial charge in [0.15, 0.2) is 5.96 Å². The van der Waals surface area contributed by atoms with Gasteiger partial charge in [-0.05, 0) is 50.4 Å². The molecule has 0 aromatic rings. The van der Waals surface area contributed by atoms with Gasteiger partial charge < -0.3 is 10.2 Å². The minimum absolute atomic E-state index is 0.427. The summed E-state index contributed by atoms with van der Waals surface area (Å²) in [6, 6.07) is -1.37. The highest BCUT2D eigenvalue weighted by Gasteiger charge is 2.42. The van der Waals surface area contributed by atoms with Crippen LogP contribution in [-0.4, -0.2) is 67.7 Å². The van der Waals surface area contributed by atoms with Crippen LogP contribution in [0.25, 0.3) is 0 Å². The molecule has 1 heterocycles. The SMILES string of the molecule is CN=C(NCC(C1CC1)C1CC1)N1CCN(C(C)C(F)(F)F)CC1. The Morgan fingerprint density at radius 3 is 2.04 bits per heavy atom. The lowest BCUT2D eigenvalue weighted by molar-refractivity contribution is -0.181. The molecule has 2 aliphatic carbocycles. The van der Waals surface area contributed by atoms with E-state index >= 15 is 0 Å². The van der Waals surface area contributed by atoms with Gasteiger partial charge in [-0.25, -0.2) is 0 Å². The van der Waals surface area contributed by atoms with Gasteiger partial charge in [0.1, 0.15) is 6.04 Å². The van der Waals surface area contributed by atoms with Crippen molar-refractivity contribution in [2.24, 2.45) is 22.7 Å². The van der Waals surface area contributed by atoms with Crippen molar-refractivity contribution in [2.75, 3.05) is 39.8 Å². The van der Waals surface area contributed by atoms with E-state index in [1.165, 1.54) is 37.5 Å². The van der Waals surface area contributed by atoms with Crippen LogP contribution in [0.3, 0.4) is 0 Å². The molecule has 138 valence electrons. The summed E-state index contributed by atoms with van der Waals surface area (Å²) in [5.74, 6) is 3.37. The van der Waals surface area contributed by atoms with Gasteiger partial charge in [-0.3, -0.25) is 9.89 Å². The van der Waals surface area contributed by atoms with Gasteiger partial charge in [-0.2, -0.15) is 13.2 Å². The molecule has 24 heavy (non-hydrogen) atoms. The first-order valence-electron chi connectivity index (χ1n) is 9.16. The Bertz CT molecular complexity index is 437. The predicted molar refractivity (Wildman–Crippen MR) is 89.0 cm³/mol. The summed E-state index contributed by atoms with van der Waals surface area (Å²) in [6.45, 7) is 4.25. The molecular weight excluding hydrogens is 317 g/mol. The van der Waals surface area contributed by atoms with Crippen LogP contribution >= 0.6 is 0 Å². The van der Waals surface area contributed by atoms with E-state index in [9.17, 15) is 13.2 Å². The van der Waals surface area contributed by atoms with E-state index < -0.39 is 12.2 Å². The summed E-state index contributed by atoms with van der Waals surface area (Å²) < 4.78 is 38.5. The van der Waals surface area contributed by atoms with E-state index in [4.69, 9.17) is 0 Å². The number of nitrogens with one attached hydrogen (secondary N) is 1. The topological polar surface area (TPSA) is 30.9 Å². The van der Waals surface area contributed by atoms with Gasteiger partial charge in [0.25, 0.3) is 0 Å². The third-order valence-electron chi connectivity index (χ3n) is 5.80. The zero-order chi connectivity index (χ0) is 17.3. The molecule has 7 heteroatoms. The van der Waals surface area contributed by atoms with E-state index in [1.807, 2.05) is 0 Å². The third-order valence-corrected chi connectivity index (χ3v) is 5.80. The molecule has 1 aliphatic heterocycles. The predicted octanol–water partition coefficient (Wildman–Crippen LogP) is 2.57. The van der Waals surface area contributed by atoms with Gasteiger partial charge in [-0.1, -0.05) is 0 Å². The molecule has 0 amide bonds. The Hall–Kier alpha value is -0.980. The van der Waals surface area contributed by atoms with Crippen LogP contribution in [0.2, 0.25) is 0 Å². The molecule has 3 rings (SSSR count). The molecule has 0 bridgehead atoms. The summed E-state index contributed by atoms with van der Waals surface area (Å²) in [6.07, 6.45) is 1.28. The zero-order valence-corrected chi connectivity index (χ0v) is 14.6. The summed E-state index contributed by atoms with van der Waals surface area (Å²) in [5.41, 5.74) is 0. The first-order chi connectivity index (χ1) is 11.4. The van der Waals surface area contributed by atoms with E-state index in [0.29, 0.717) is 26.2 Å². The summed E-state index contributed by atoms with van der Waals surface area (Å²) in [5, 5.41) is 3.49. The number of hydrogen-bond donors (Lipinski definition) is 1. The number of nitrogens with zero attached hydrogens (tertiary/aromatic N) is 3. The Morgan fingerprint density at radius 2 is 1.62 bits per heavy atom. The van der Waals surface area contributed by atoms with Crippen molar-refractivity contribution in [3.63, 3.8) is 0 Å². The lowest BCUT2D eigenvalue weighted by atomic mass is 9.98. The second-order valence-corrected chi connectivity index (χ2v) is 7.51. The van der Waals surface area contributed by atoms with Gasteiger partial charge in [-0.15, -0.1) is 0 Å². The lowest BCUT2D eigenvalue weighted by Crippen LogP contribution is -2.57. The first-order valence-corrected chi connectivity index (χ1v) is 9.16. The number of guanidine groups is 1. The average Bonchev–Trinajstić information content (AvgIpc) is 3.44. The molecule has 0 spiro atoms. The maximum Gasteiger partial charge on any atom is 0.403 e. The molecule has 4 nitrogen and oxygen atoms in total. The van der Waals surface area contributed by atoms with Crippen LogP contribution in [0, 0.1) is 17.8 Å². The van der Waals surface area contributed by atoms with Crippen molar-refractivity contribution in [2.45, 2.75) is 44.8 Å². The monoisotopic (exact) mass is 346 g/mol. The highest BCUT2D eigenvalue weighted by Crippen LogP contribution is 2.48. The largest absolute Gasteiger partial charge is 0.403 e. The molecule has 0 aromatic carbocycles. The molecule has 3 fully saturated rings. The van der Waals surface area contributed by atoms with Crippen molar-refractivity contribution in [1.29, 1.82) is 0 Å². The van der Waals surface area contributed by atoms with Crippen molar-refractivity contribution >= 4 is 5.96 Å². The van der Waals surface area contributed by atoms with Gasteiger partial charge in [0.05, 0.1) is 0 Å². The van der Waals surface area contributed by atoms with Crippen LogP contribution in [0.4, 0.5) is 13.2 Å². The minimum Gasteiger partial charge on any atom is -0.356 e.